The molecule has 31 heavy (non-hydrogen) atoms. The largest absolute Gasteiger partial charge is 0.484 e. The topological polar surface area (TPSA) is 97.6 Å². The van der Waals surface area contributed by atoms with Gasteiger partial charge in [-0.25, -0.2) is 0 Å². The van der Waals surface area contributed by atoms with Crippen molar-refractivity contribution in [3.8, 4) is 5.75 Å². The lowest BCUT2D eigenvalue weighted by molar-refractivity contribution is -0.144. The summed E-state index contributed by atoms with van der Waals surface area (Å²) in [5, 5.41) is 6.05. The van der Waals surface area contributed by atoms with Crippen molar-refractivity contribution in [3.63, 3.8) is 0 Å². The van der Waals surface area contributed by atoms with Crippen LogP contribution in [-0.4, -0.2) is 50.6 Å². The first-order valence-corrected chi connectivity index (χ1v) is 10.2. The molecule has 2 aliphatic heterocycles. The van der Waals surface area contributed by atoms with Crippen molar-refractivity contribution >= 4 is 29.3 Å². The van der Waals surface area contributed by atoms with Crippen LogP contribution in [0.15, 0.2) is 34.4 Å². The van der Waals surface area contributed by atoms with Gasteiger partial charge >= 0.3 is 6.18 Å². The highest BCUT2D eigenvalue weighted by Gasteiger charge is 2.53. The number of alkyl halides is 3. The Morgan fingerprint density at radius 3 is 2.65 bits per heavy atom. The number of amides is 2. The third-order valence-corrected chi connectivity index (χ3v) is 6.18. The standard InChI is InChI=1S/C19H17F3N4O4S/c1-9-8-31-18-14(17(28)26(18)15(9)16-23-10(2)25-30-16)24-13(27)7-29-12-5-3-11(4-6-12)19(20,21)22/h3-6,14,18H,7-8H2,1-2H3,(H,24,27). The SMILES string of the molecule is CC1=C(c2nc(C)no2)N2C(=O)C(NC(=O)COc3ccc(C(F)(F)F)cc3)C2SC1. The van der Waals surface area contributed by atoms with Gasteiger partial charge in [0.05, 0.1) is 5.56 Å². The van der Waals surface area contributed by atoms with Crippen LogP contribution in [0.25, 0.3) is 5.70 Å². The molecular formula is C19H17F3N4O4S. The Kier molecular flexibility index (Phi) is 5.42. The molecule has 0 aliphatic carbocycles. The van der Waals surface area contributed by atoms with Gasteiger partial charge in [-0.2, -0.15) is 18.2 Å². The van der Waals surface area contributed by atoms with Crippen molar-refractivity contribution in [1.82, 2.24) is 20.4 Å². The van der Waals surface area contributed by atoms with Crippen LogP contribution in [0, 0.1) is 6.92 Å². The van der Waals surface area contributed by atoms with E-state index >= 15 is 0 Å². The van der Waals surface area contributed by atoms with E-state index in [4.69, 9.17) is 9.26 Å². The van der Waals surface area contributed by atoms with Gasteiger partial charge < -0.3 is 14.6 Å². The van der Waals surface area contributed by atoms with Crippen LogP contribution in [0.5, 0.6) is 5.75 Å². The zero-order chi connectivity index (χ0) is 22.3. The fourth-order valence-electron chi connectivity index (χ4n) is 3.27. The van der Waals surface area contributed by atoms with Crippen molar-refractivity contribution < 1.29 is 32.0 Å². The molecule has 1 aromatic carbocycles. The van der Waals surface area contributed by atoms with E-state index in [0.29, 0.717) is 17.3 Å². The maximum absolute atomic E-state index is 12.7. The molecule has 1 N–H and O–H groups in total. The molecule has 3 heterocycles. The number of ether oxygens (including phenoxy) is 1. The van der Waals surface area contributed by atoms with Gasteiger partial charge in [0.25, 0.3) is 17.7 Å². The number of halogens is 3. The molecular weight excluding hydrogens is 437 g/mol. The van der Waals surface area contributed by atoms with Gasteiger partial charge in [-0.15, -0.1) is 11.8 Å². The first kappa shape index (κ1) is 21.2. The van der Waals surface area contributed by atoms with Crippen LogP contribution in [0.3, 0.4) is 0 Å². The van der Waals surface area contributed by atoms with Crippen molar-refractivity contribution in [2.24, 2.45) is 0 Å². The highest BCUT2D eigenvalue weighted by atomic mass is 32.2. The zero-order valence-electron chi connectivity index (χ0n) is 16.4. The van der Waals surface area contributed by atoms with Crippen LogP contribution < -0.4 is 10.1 Å². The highest BCUT2D eigenvalue weighted by Crippen LogP contribution is 2.43. The normalized spacial score (nSPS) is 20.9. The van der Waals surface area contributed by atoms with E-state index in [1.54, 1.807) is 6.92 Å². The van der Waals surface area contributed by atoms with E-state index in [1.165, 1.54) is 16.7 Å². The first-order valence-electron chi connectivity index (χ1n) is 9.19. The lowest BCUT2D eigenvalue weighted by Crippen LogP contribution is -2.69. The number of aryl methyl sites for hydroxylation is 1. The summed E-state index contributed by atoms with van der Waals surface area (Å²) in [5.74, 6) is 0.571. The molecule has 0 saturated carbocycles. The number of nitrogens with one attached hydrogen (secondary N) is 1. The molecule has 1 fully saturated rings. The van der Waals surface area contributed by atoms with Crippen molar-refractivity contribution in [2.45, 2.75) is 31.4 Å². The summed E-state index contributed by atoms with van der Waals surface area (Å²) in [6.45, 7) is 3.11. The molecule has 2 atom stereocenters. The quantitative estimate of drug-likeness (QED) is 0.694. The Hall–Kier alpha value is -3.02. The van der Waals surface area contributed by atoms with Gasteiger partial charge in [-0.05, 0) is 43.7 Å². The number of β-lactam (4-membered cyclic amide) rings is 1. The number of aromatic nitrogens is 2. The lowest BCUT2D eigenvalue weighted by Gasteiger charge is -2.49. The molecule has 1 aromatic heterocycles. The third-order valence-electron chi connectivity index (χ3n) is 4.76. The summed E-state index contributed by atoms with van der Waals surface area (Å²) in [7, 11) is 0. The molecule has 164 valence electrons. The predicted molar refractivity (Wildman–Crippen MR) is 104 cm³/mol. The molecule has 2 aromatic rings. The fraction of sp³-hybridized carbons (Fsp3) is 0.368. The molecule has 0 radical (unpaired) electrons. The Balaban J connectivity index is 1.36. The van der Waals surface area contributed by atoms with Gasteiger partial charge in [0, 0.05) is 5.75 Å². The average molecular weight is 454 g/mol. The smallest absolute Gasteiger partial charge is 0.416 e. The van der Waals surface area contributed by atoms with Crippen molar-refractivity contribution in [2.75, 3.05) is 12.4 Å². The maximum atomic E-state index is 12.7. The number of hydrogen-bond donors (Lipinski definition) is 1. The van der Waals surface area contributed by atoms with Gasteiger partial charge in [0.2, 0.25) is 0 Å². The van der Waals surface area contributed by atoms with E-state index in [0.717, 1.165) is 29.8 Å². The molecule has 1 saturated heterocycles. The molecule has 12 heteroatoms. The Bertz CT molecular complexity index is 1050. The second-order valence-electron chi connectivity index (χ2n) is 7.04. The Labute approximate surface area is 178 Å². The van der Waals surface area contributed by atoms with Gasteiger partial charge in [0.15, 0.2) is 12.4 Å². The molecule has 4 rings (SSSR count). The van der Waals surface area contributed by atoms with E-state index in [1.807, 2.05) is 6.92 Å². The summed E-state index contributed by atoms with van der Waals surface area (Å²) in [4.78, 5) is 30.7. The number of carbonyl (C=O) groups is 2. The molecule has 8 nitrogen and oxygen atoms in total. The number of hydrogen-bond acceptors (Lipinski definition) is 7. The van der Waals surface area contributed by atoms with E-state index in [-0.39, 0.29) is 22.9 Å². The molecule has 0 bridgehead atoms. The number of carbonyl (C=O) groups excluding carboxylic acids is 2. The Morgan fingerprint density at radius 2 is 2.03 bits per heavy atom. The number of benzene rings is 1. The summed E-state index contributed by atoms with van der Waals surface area (Å²) >= 11 is 1.49. The first-order chi connectivity index (χ1) is 14.6. The van der Waals surface area contributed by atoms with E-state index < -0.39 is 30.3 Å². The number of thioether (sulfide) groups is 1. The van der Waals surface area contributed by atoms with Crippen LogP contribution in [0.1, 0.15) is 24.2 Å². The van der Waals surface area contributed by atoms with Crippen LogP contribution in [0.2, 0.25) is 0 Å². The summed E-state index contributed by atoms with van der Waals surface area (Å²) in [6.07, 6.45) is -4.45. The molecule has 2 aliphatic rings. The number of nitrogens with zero attached hydrogens (tertiary/aromatic N) is 3. The van der Waals surface area contributed by atoms with Crippen molar-refractivity contribution in [3.05, 3.63) is 47.1 Å². The van der Waals surface area contributed by atoms with E-state index in [2.05, 4.69) is 15.5 Å². The number of rotatable bonds is 5. The minimum absolute atomic E-state index is 0.115. The van der Waals surface area contributed by atoms with Crippen LogP contribution >= 0.6 is 11.8 Å². The number of fused-ring (bicyclic) bond motifs is 1. The monoisotopic (exact) mass is 454 g/mol. The van der Waals surface area contributed by atoms with Gasteiger partial charge in [0.1, 0.15) is 22.9 Å². The summed E-state index contributed by atoms with van der Waals surface area (Å²) in [6, 6.07) is 3.26. The fourth-order valence-corrected chi connectivity index (χ4v) is 4.57. The highest BCUT2D eigenvalue weighted by molar-refractivity contribution is 8.00. The van der Waals surface area contributed by atoms with Gasteiger partial charge in [-0.3, -0.25) is 14.5 Å². The predicted octanol–water partition coefficient (Wildman–Crippen LogP) is 2.61. The molecule has 0 spiro atoms. The summed E-state index contributed by atoms with van der Waals surface area (Å²) < 4.78 is 48.2. The van der Waals surface area contributed by atoms with E-state index in [9.17, 15) is 22.8 Å². The van der Waals surface area contributed by atoms with Crippen LogP contribution in [0.4, 0.5) is 13.2 Å². The average Bonchev–Trinajstić information content (AvgIpc) is 3.15. The maximum Gasteiger partial charge on any atom is 0.416 e. The summed E-state index contributed by atoms with van der Waals surface area (Å²) in [5.41, 5.74) is 0.656. The molecule has 2 amide bonds. The minimum Gasteiger partial charge on any atom is -0.484 e. The van der Waals surface area contributed by atoms with Crippen molar-refractivity contribution in [1.29, 1.82) is 0 Å². The Morgan fingerprint density at radius 1 is 1.32 bits per heavy atom. The third kappa shape index (κ3) is 4.11. The second-order valence-corrected chi connectivity index (χ2v) is 8.15. The second kappa shape index (κ2) is 7.91. The molecule has 2 unspecified atom stereocenters. The lowest BCUT2D eigenvalue weighted by atomic mass is 10.0. The zero-order valence-corrected chi connectivity index (χ0v) is 17.2. The van der Waals surface area contributed by atoms with Gasteiger partial charge in [-0.1, -0.05) is 5.16 Å². The minimum atomic E-state index is -4.45. The van der Waals surface area contributed by atoms with Crippen LogP contribution in [-0.2, 0) is 15.8 Å².